The molecule has 0 radical (unpaired) electrons. The van der Waals surface area contributed by atoms with E-state index in [2.05, 4.69) is 27.3 Å². The van der Waals surface area contributed by atoms with Gasteiger partial charge in [-0.15, -0.1) is 0 Å². The minimum absolute atomic E-state index is 0.801. The monoisotopic (exact) mass is 219 g/mol. The Kier molecular flexibility index (Phi) is 3.05. The number of aryl methyl sites for hydroxylation is 2. The fourth-order valence-corrected chi connectivity index (χ4v) is 1.61. The van der Waals surface area contributed by atoms with E-state index in [1.165, 1.54) is 11.3 Å². The summed E-state index contributed by atoms with van der Waals surface area (Å²) in [5.41, 5.74) is 3.55. The van der Waals surface area contributed by atoms with Crippen molar-refractivity contribution in [2.24, 2.45) is 7.05 Å². The molecule has 0 bridgehead atoms. The van der Waals surface area contributed by atoms with Crippen LogP contribution in [-0.4, -0.2) is 19.7 Å². The van der Waals surface area contributed by atoms with E-state index in [9.17, 15) is 0 Å². The van der Waals surface area contributed by atoms with Gasteiger partial charge in [0.1, 0.15) is 5.82 Å². The zero-order chi connectivity index (χ0) is 11.5. The standard InChI is InChI=1S/C11H17N5/c1-8-10(5-14-16(8)3)4-12-6-11-7-13-9(2)15-11/h5,7,12H,4,6H2,1-3H3,(H,13,15). The predicted molar refractivity (Wildman–Crippen MR) is 61.8 cm³/mol. The molecule has 0 aliphatic carbocycles. The molecule has 2 heterocycles. The molecular weight excluding hydrogens is 202 g/mol. The normalized spacial score (nSPS) is 10.9. The third-order valence-corrected chi connectivity index (χ3v) is 2.72. The van der Waals surface area contributed by atoms with Gasteiger partial charge in [-0.1, -0.05) is 0 Å². The van der Waals surface area contributed by atoms with E-state index in [1.54, 1.807) is 0 Å². The van der Waals surface area contributed by atoms with Gasteiger partial charge in [-0.3, -0.25) is 4.68 Å². The second-order valence-corrected chi connectivity index (χ2v) is 3.98. The van der Waals surface area contributed by atoms with Crippen LogP contribution in [0.3, 0.4) is 0 Å². The first-order valence-corrected chi connectivity index (χ1v) is 5.35. The van der Waals surface area contributed by atoms with Gasteiger partial charge in [0.15, 0.2) is 0 Å². The van der Waals surface area contributed by atoms with Gasteiger partial charge in [0.25, 0.3) is 0 Å². The van der Waals surface area contributed by atoms with Crippen molar-refractivity contribution >= 4 is 0 Å². The van der Waals surface area contributed by atoms with Crippen LogP contribution >= 0.6 is 0 Å². The number of imidazole rings is 1. The number of rotatable bonds is 4. The number of hydrogen-bond acceptors (Lipinski definition) is 3. The quantitative estimate of drug-likeness (QED) is 0.808. The zero-order valence-corrected chi connectivity index (χ0v) is 9.91. The molecule has 16 heavy (non-hydrogen) atoms. The Bertz CT molecular complexity index is 468. The van der Waals surface area contributed by atoms with Crippen molar-refractivity contribution in [2.45, 2.75) is 26.9 Å². The molecule has 5 nitrogen and oxygen atoms in total. The van der Waals surface area contributed by atoms with Crippen LogP contribution in [0.5, 0.6) is 0 Å². The summed E-state index contributed by atoms with van der Waals surface area (Å²) in [6.07, 6.45) is 3.76. The Labute approximate surface area is 94.9 Å². The predicted octanol–water partition coefficient (Wildman–Crippen LogP) is 1.05. The molecule has 2 aromatic heterocycles. The van der Waals surface area contributed by atoms with Gasteiger partial charge in [-0.05, 0) is 13.8 Å². The number of hydrogen-bond donors (Lipinski definition) is 2. The lowest BCUT2D eigenvalue weighted by Crippen LogP contribution is -2.13. The van der Waals surface area contributed by atoms with Gasteiger partial charge < -0.3 is 10.3 Å². The highest BCUT2D eigenvalue weighted by atomic mass is 15.3. The lowest BCUT2D eigenvalue weighted by molar-refractivity contribution is 0.674. The molecule has 2 N–H and O–H groups in total. The smallest absolute Gasteiger partial charge is 0.103 e. The first kappa shape index (κ1) is 10.9. The van der Waals surface area contributed by atoms with Crippen LogP contribution in [0.1, 0.15) is 22.8 Å². The molecule has 0 unspecified atom stereocenters. The molecule has 0 aliphatic heterocycles. The molecule has 0 amide bonds. The summed E-state index contributed by atoms with van der Waals surface area (Å²) >= 11 is 0. The summed E-state index contributed by atoms with van der Waals surface area (Å²) in [6, 6.07) is 0. The fraction of sp³-hybridized carbons (Fsp3) is 0.455. The van der Waals surface area contributed by atoms with Crippen LogP contribution in [0.2, 0.25) is 0 Å². The highest BCUT2D eigenvalue weighted by Crippen LogP contribution is 2.05. The first-order chi connectivity index (χ1) is 7.66. The van der Waals surface area contributed by atoms with E-state index in [0.717, 1.165) is 24.6 Å². The molecule has 0 fully saturated rings. The van der Waals surface area contributed by atoms with Crippen LogP contribution in [0.15, 0.2) is 12.4 Å². The highest BCUT2D eigenvalue weighted by molar-refractivity contribution is 5.15. The second kappa shape index (κ2) is 4.49. The van der Waals surface area contributed by atoms with Gasteiger partial charge in [-0.2, -0.15) is 5.10 Å². The molecule has 5 heteroatoms. The molecule has 0 saturated carbocycles. The Balaban J connectivity index is 1.86. The summed E-state index contributed by atoms with van der Waals surface area (Å²) < 4.78 is 1.89. The Hall–Kier alpha value is -1.62. The Morgan fingerprint density at radius 1 is 1.31 bits per heavy atom. The van der Waals surface area contributed by atoms with Crippen molar-refractivity contribution in [1.82, 2.24) is 25.1 Å². The molecule has 0 aliphatic rings. The number of nitrogens with one attached hydrogen (secondary N) is 2. The van der Waals surface area contributed by atoms with Crippen LogP contribution in [0.4, 0.5) is 0 Å². The van der Waals surface area contributed by atoms with Gasteiger partial charge in [-0.25, -0.2) is 4.98 Å². The average Bonchev–Trinajstić information content (AvgIpc) is 2.79. The van der Waals surface area contributed by atoms with Gasteiger partial charge in [0.05, 0.1) is 6.20 Å². The second-order valence-electron chi connectivity index (χ2n) is 3.98. The first-order valence-electron chi connectivity index (χ1n) is 5.35. The van der Waals surface area contributed by atoms with Crippen LogP contribution < -0.4 is 5.32 Å². The largest absolute Gasteiger partial charge is 0.345 e. The number of aromatic amines is 1. The molecular formula is C11H17N5. The Morgan fingerprint density at radius 3 is 2.69 bits per heavy atom. The van der Waals surface area contributed by atoms with Gasteiger partial charge in [0, 0.05) is 43.3 Å². The molecule has 2 aromatic rings. The van der Waals surface area contributed by atoms with Crippen molar-refractivity contribution in [2.75, 3.05) is 0 Å². The van der Waals surface area contributed by atoms with E-state index in [-0.39, 0.29) is 0 Å². The van der Waals surface area contributed by atoms with Crippen LogP contribution in [0, 0.1) is 13.8 Å². The lowest BCUT2D eigenvalue weighted by Gasteiger charge is -2.02. The zero-order valence-electron chi connectivity index (χ0n) is 9.91. The molecule has 0 aromatic carbocycles. The topological polar surface area (TPSA) is 58.5 Å². The van der Waals surface area contributed by atoms with E-state index in [4.69, 9.17) is 0 Å². The summed E-state index contributed by atoms with van der Waals surface area (Å²) in [5, 5.41) is 7.56. The highest BCUT2D eigenvalue weighted by Gasteiger charge is 2.03. The minimum Gasteiger partial charge on any atom is -0.345 e. The van der Waals surface area contributed by atoms with Gasteiger partial charge >= 0.3 is 0 Å². The van der Waals surface area contributed by atoms with Crippen molar-refractivity contribution in [3.8, 4) is 0 Å². The molecule has 0 saturated heterocycles. The third-order valence-electron chi connectivity index (χ3n) is 2.72. The van der Waals surface area contributed by atoms with Crippen molar-refractivity contribution in [3.05, 3.63) is 35.2 Å². The fourth-order valence-electron chi connectivity index (χ4n) is 1.61. The lowest BCUT2D eigenvalue weighted by atomic mass is 10.2. The Morgan fingerprint density at radius 2 is 2.12 bits per heavy atom. The number of nitrogens with zero attached hydrogens (tertiary/aromatic N) is 3. The molecule has 2 rings (SSSR count). The van der Waals surface area contributed by atoms with E-state index in [0.29, 0.717) is 0 Å². The van der Waals surface area contributed by atoms with E-state index in [1.807, 2.05) is 31.0 Å². The van der Waals surface area contributed by atoms with E-state index >= 15 is 0 Å². The third kappa shape index (κ3) is 2.30. The van der Waals surface area contributed by atoms with Crippen molar-refractivity contribution in [1.29, 1.82) is 0 Å². The minimum atomic E-state index is 0.801. The SMILES string of the molecule is Cc1ncc(CNCc2cnn(C)c2C)[nH]1. The van der Waals surface area contributed by atoms with Crippen molar-refractivity contribution in [3.63, 3.8) is 0 Å². The van der Waals surface area contributed by atoms with Gasteiger partial charge in [0.2, 0.25) is 0 Å². The van der Waals surface area contributed by atoms with Crippen LogP contribution in [0.25, 0.3) is 0 Å². The average molecular weight is 219 g/mol. The summed E-state index contributed by atoms with van der Waals surface area (Å²) in [5.74, 6) is 0.953. The summed E-state index contributed by atoms with van der Waals surface area (Å²) in [6.45, 7) is 5.66. The summed E-state index contributed by atoms with van der Waals surface area (Å²) in [7, 11) is 1.96. The molecule has 86 valence electrons. The maximum atomic E-state index is 4.20. The number of aromatic nitrogens is 4. The number of H-pyrrole nitrogens is 1. The van der Waals surface area contributed by atoms with Crippen molar-refractivity contribution < 1.29 is 0 Å². The summed E-state index contributed by atoms with van der Waals surface area (Å²) in [4.78, 5) is 7.34. The molecule has 0 spiro atoms. The maximum absolute atomic E-state index is 4.20. The maximum Gasteiger partial charge on any atom is 0.103 e. The van der Waals surface area contributed by atoms with Crippen LogP contribution in [-0.2, 0) is 20.1 Å². The van der Waals surface area contributed by atoms with E-state index < -0.39 is 0 Å². The molecule has 0 atom stereocenters.